The molecule has 0 radical (unpaired) electrons. The standard InChI is InChI=1S/C21H24FN5O.HI/c1-16(28-20-11-7-6-10-19(20)22)12-24-21(23-2)25-13-17-14-26-27(15-17)18-8-4-3-5-9-18;/h3-11,14-16H,12-13H2,1-2H3,(H2,23,24,25);1H. The zero-order chi connectivity index (χ0) is 19.8. The molecule has 0 amide bonds. The Bertz CT molecular complexity index is 916. The van der Waals surface area contributed by atoms with Crippen molar-refractivity contribution < 1.29 is 9.13 Å². The molecular weight excluding hydrogens is 484 g/mol. The molecule has 154 valence electrons. The van der Waals surface area contributed by atoms with Crippen LogP contribution in [0.25, 0.3) is 5.69 Å². The number of ether oxygens (including phenoxy) is 1. The van der Waals surface area contributed by atoms with Crippen molar-refractivity contribution in [1.82, 2.24) is 20.4 Å². The van der Waals surface area contributed by atoms with Crippen LogP contribution in [0.15, 0.2) is 72.0 Å². The first-order chi connectivity index (χ1) is 13.7. The Balaban J connectivity index is 0.00000300. The molecule has 0 aliphatic rings. The number of aromatic nitrogens is 2. The highest BCUT2D eigenvalue weighted by molar-refractivity contribution is 14.0. The fraction of sp³-hybridized carbons (Fsp3) is 0.238. The molecule has 6 nitrogen and oxygen atoms in total. The van der Waals surface area contributed by atoms with E-state index in [1.54, 1.807) is 25.2 Å². The van der Waals surface area contributed by atoms with Gasteiger partial charge in [0.2, 0.25) is 0 Å². The van der Waals surface area contributed by atoms with E-state index in [0.717, 1.165) is 11.3 Å². The third-order valence-electron chi connectivity index (χ3n) is 4.06. The van der Waals surface area contributed by atoms with E-state index in [4.69, 9.17) is 4.74 Å². The molecule has 1 aromatic heterocycles. The summed E-state index contributed by atoms with van der Waals surface area (Å²) in [5.74, 6) is 0.511. The molecule has 0 saturated heterocycles. The summed E-state index contributed by atoms with van der Waals surface area (Å²) in [5.41, 5.74) is 2.04. The molecule has 8 heteroatoms. The molecule has 0 aliphatic carbocycles. The fourth-order valence-electron chi connectivity index (χ4n) is 2.62. The Labute approximate surface area is 187 Å². The minimum absolute atomic E-state index is 0. The molecule has 0 spiro atoms. The molecule has 1 heterocycles. The van der Waals surface area contributed by atoms with Gasteiger partial charge in [-0.3, -0.25) is 4.99 Å². The fourth-order valence-corrected chi connectivity index (χ4v) is 2.62. The predicted octanol–water partition coefficient (Wildman–Crippen LogP) is 3.76. The summed E-state index contributed by atoms with van der Waals surface area (Å²) in [6.45, 7) is 2.93. The molecule has 2 aromatic carbocycles. The van der Waals surface area contributed by atoms with E-state index in [1.165, 1.54) is 6.07 Å². The quantitative estimate of drug-likeness (QED) is 0.289. The number of nitrogens with one attached hydrogen (secondary N) is 2. The summed E-state index contributed by atoms with van der Waals surface area (Å²) < 4.78 is 21.1. The number of para-hydroxylation sites is 2. The number of guanidine groups is 1. The van der Waals surface area contributed by atoms with Crippen LogP contribution >= 0.6 is 24.0 Å². The van der Waals surface area contributed by atoms with Crippen molar-refractivity contribution in [3.63, 3.8) is 0 Å². The summed E-state index contributed by atoms with van der Waals surface area (Å²) in [4.78, 5) is 4.20. The van der Waals surface area contributed by atoms with Crippen molar-refractivity contribution in [2.24, 2.45) is 4.99 Å². The third-order valence-corrected chi connectivity index (χ3v) is 4.06. The number of benzene rings is 2. The lowest BCUT2D eigenvalue weighted by Crippen LogP contribution is -2.41. The van der Waals surface area contributed by atoms with Crippen LogP contribution in [0.1, 0.15) is 12.5 Å². The zero-order valence-electron chi connectivity index (χ0n) is 16.4. The lowest BCUT2D eigenvalue weighted by molar-refractivity contribution is 0.214. The van der Waals surface area contributed by atoms with Gasteiger partial charge in [-0.2, -0.15) is 5.10 Å². The number of hydrogen-bond acceptors (Lipinski definition) is 3. The van der Waals surface area contributed by atoms with Crippen LogP contribution in [-0.2, 0) is 6.54 Å². The molecule has 0 bridgehead atoms. The van der Waals surface area contributed by atoms with Gasteiger partial charge in [0.1, 0.15) is 6.10 Å². The molecule has 1 unspecified atom stereocenters. The third kappa shape index (κ3) is 6.74. The highest BCUT2D eigenvalue weighted by atomic mass is 127. The van der Waals surface area contributed by atoms with Gasteiger partial charge in [-0.15, -0.1) is 24.0 Å². The maximum Gasteiger partial charge on any atom is 0.191 e. The van der Waals surface area contributed by atoms with Gasteiger partial charge in [0.05, 0.1) is 18.4 Å². The number of aliphatic imine (C=N–C) groups is 1. The monoisotopic (exact) mass is 509 g/mol. The first-order valence-corrected chi connectivity index (χ1v) is 9.10. The molecule has 3 rings (SSSR count). The van der Waals surface area contributed by atoms with E-state index in [-0.39, 0.29) is 41.6 Å². The summed E-state index contributed by atoms with van der Waals surface area (Å²) in [6, 6.07) is 16.3. The van der Waals surface area contributed by atoms with E-state index in [2.05, 4.69) is 20.7 Å². The summed E-state index contributed by atoms with van der Waals surface area (Å²) in [7, 11) is 1.70. The Kier molecular flexibility index (Phi) is 8.91. The van der Waals surface area contributed by atoms with Gasteiger partial charge in [0.25, 0.3) is 0 Å². The van der Waals surface area contributed by atoms with Gasteiger partial charge in [-0.25, -0.2) is 9.07 Å². The number of nitrogens with zero attached hydrogens (tertiary/aromatic N) is 3. The van der Waals surface area contributed by atoms with E-state index in [0.29, 0.717) is 19.0 Å². The average molecular weight is 509 g/mol. The molecule has 2 N–H and O–H groups in total. The number of halogens is 2. The largest absolute Gasteiger partial charge is 0.486 e. The molecule has 0 aliphatic heterocycles. The predicted molar refractivity (Wildman–Crippen MR) is 124 cm³/mol. The van der Waals surface area contributed by atoms with E-state index in [1.807, 2.05) is 54.3 Å². The highest BCUT2D eigenvalue weighted by Crippen LogP contribution is 2.16. The summed E-state index contributed by atoms with van der Waals surface area (Å²) >= 11 is 0. The minimum Gasteiger partial charge on any atom is -0.486 e. The van der Waals surface area contributed by atoms with Crippen molar-refractivity contribution in [1.29, 1.82) is 0 Å². The summed E-state index contributed by atoms with van der Waals surface area (Å²) in [5, 5.41) is 10.8. The molecular formula is C21H25FIN5O. The number of rotatable bonds is 7. The Morgan fingerprint density at radius 3 is 2.59 bits per heavy atom. The maximum atomic E-state index is 13.7. The average Bonchev–Trinajstić information content (AvgIpc) is 3.20. The second kappa shape index (κ2) is 11.4. The van der Waals surface area contributed by atoms with Crippen LogP contribution in [0.2, 0.25) is 0 Å². The van der Waals surface area contributed by atoms with Crippen molar-refractivity contribution in [3.05, 3.63) is 78.4 Å². The van der Waals surface area contributed by atoms with Crippen LogP contribution in [0.4, 0.5) is 4.39 Å². The number of hydrogen-bond donors (Lipinski definition) is 2. The lowest BCUT2D eigenvalue weighted by Gasteiger charge is -2.17. The van der Waals surface area contributed by atoms with Crippen molar-refractivity contribution in [2.75, 3.05) is 13.6 Å². The Hall–Kier alpha value is -2.62. The van der Waals surface area contributed by atoms with Crippen LogP contribution in [0.5, 0.6) is 5.75 Å². The maximum absolute atomic E-state index is 13.7. The van der Waals surface area contributed by atoms with Gasteiger partial charge >= 0.3 is 0 Å². The minimum atomic E-state index is -0.368. The van der Waals surface area contributed by atoms with Crippen molar-refractivity contribution >= 4 is 29.9 Å². The highest BCUT2D eigenvalue weighted by Gasteiger charge is 2.09. The van der Waals surface area contributed by atoms with E-state index < -0.39 is 0 Å². The van der Waals surface area contributed by atoms with Gasteiger partial charge in [-0.05, 0) is 31.2 Å². The smallest absolute Gasteiger partial charge is 0.191 e. The second-order valence-corrected chi connectivity index (χ2v) is 6.29. The Morgan fingerprint density at radius 1 is 1.14 bits per heavy atom. The van der Waals surface area contributed by atoms with Gasteiger partial charge < -0.3 is 15.4 Å². The SMILES string of the molecule is CN=C(NCc1cnn(-c2ccccc2)c1)NCC(C)Oc1ccccc1F.I. The van der Waals surface area contributed by atoms with Crippen LogP contribution in [0.3, 0.4) is 0 Å². The van der Waals surface area contributed by atoms with Crippen LogP contribution in [-0.4, -0.2) is 35.4 Å². The first-order valence-electron chi connectivity index (χ1n) is 9.10. The summed E-state index contributed by atoms with van der Waals surface area (Å²) in [6.07, 6.45) is 3.56. The molecule has 1 atom stereocenters. The van der Waals surface area contributed by atoms with Gasteiger partial charge in [-0.1, -0.05) is 30.3 Å². The molecule has 0 fully saturated rings. The van der Waals surface area contributed by atoms with Gasteiger partial charge in [0.15, 0.2) is 17.5 Å². The molecule has 0 saturated carbocycles. The topological polar surface area (TPSA) is 63.5 Å². The van der Waals surface area contributed by atoms with Gasteiger partial charge in [0, 0.05) is 25.4 Å². The van der Waals surface area contributed by atoms with Crippen molar-refractivity contribution in [3.8, 4) is 11.4 Å². The van der Waals surface area contributed by atoms with Crippen molar-refractivity contribution in [2.45, 2.75) is 19.6 Å². The molecule has 29 heavy (non-hydrogen) atoms. The van der Waals surface area contributed by atoms with E-state index >= 15 is 0 Å². The van der Waals surface area contributed by atoms with E-state index in [9.17, 15) is 4.39 Å². The van der Waals surface area contributed by atoms with Crippen LogP contribution < -0.4 is 15.4 Å². The molecule has 3 aromatic rings. The van der Waals surface area contributed by atoms with Crippen LogP contribution in [0, 0.1) is 5.82 Å². The zero-order valence-corrected chi connectivity index (χ0v) is 18.7. The first kappa shape index (κ1) is 22.7. The lowest BCUT2D eigenvalue weighted by atomic mass is 10.3. The Morgan fingerprint density at radius 2 is 1.86 bits per heavy atom. The second-order valence-electron chi connectivity index (χ2n) is 6.29. The normalized spacial score (nSPS) is 12.0.